The van der Waals surface area contributed by atoms with Gasteiger partial charge in [-0.15, -0.1) is 0 Å². The molecule has 0 radical (unpaired) electrons. The zero-order valence-electron chi connectivity index (χ0n) is 10.5. The van der Waals surface area contributed by atoms with Crippen LogP contribution < -0.4 is 4.74 Å². The van der Waals surface area contributed by atoms with Gasteiger partial charge in [0.05, 0.1) is 6.20 Å². The van der Waals surface area contributed by atoms with Gasteiger partial charge in [-0.1, -0.05) is 26.0 Å². The van der Waals surface area contributed by atoms with Crippen LogP contribution >= 0.6 is 0 Å². The first-order valence-corrected chi connectivity index (χ1v) is 5.87. The monoisotopic (exact) mass is 241 g/mol. The van der Waals surface area contributed by atoms with E-state index in [4.69, 9.17) is 4.74 Å². The van der Waals surface area contributed by atoms with Crippen LogP contribution in [0.4, 0.5) is 0 Å². The highest BCUT2D eigenvalue weighted by Gasteiger charge is 2.02. The Kier molecular flexibility index (Phi) is 3.72. The minimum Gasteiger partial charge on any atom is -0.456 e. The molecular weight excluding hydrogens is 226 g/mol. The largest absolute Gasteiger partial charge is 0.456 e. The molecule has 0 aliphatic rings. The molecule has 92 valence electrons. The third-order valence-electron chi connectivity index (χ3n) is 2.65. The molecule has 3 heteroatoms. The zero-order chi connectivity index (χ0) is 13.0. The van der Waals surface area contributed by atoms with Crippen LogP contribution in [0.15, 0.2) is 42.7 Å². The minimum absolute atomic E-state index is 0.499. The Morgan fingerprint density at radius 1 is 1.11 bits per heavy atom. The van der Waals surface area contributed by atoms with E-state index in [0.717, 1.165) is 12.0 Å². The summed E-state index contributed by atoms with van der Waals surface area (Å²) in [5.41, 5.74) is 1.77. The number of benzene rings is 1. The number of aromatic nitrogens is 1. The van der Waals surface area contributed by atoms with Crippen LogP contribution in [0, 0.1) is 0 Å². The summed E-state index contributed by atoms with van der Waals surface area (Å²) in [6, 6.07) is 9.58. The van der Waals surface area contributed by atoms with E-state index in [1.165, 1.54) is 11.8 Å². The van der Waals surface area contributed by atoms with Crippen LogP contribution in [-0.2, 0) is 0 Å². The van der Waals surface area contributed by atoms with Crippen molar-refractivity contribution in [3.63, 3.8) is 0 Å². The van der Waals surface area contributed by atoms with Gasteiger partial charge in [0.1, 0.15) is 11.5 Å². The van der Waals surface area contributed by atoms with Crippen LogP contribution in [0.5, 0.6) is 11.5 Å². The van der Waals surface area contributed by atoms with Crippen molar-refractivity contribution in [3.8, 4) is 11.5 Å². The first-order valence-electron chi connectivity index (χ1n) is 5.87. The highest BCUT2D eigenvalue weighted by atomic mass is 16.5. The molecule has 0 fully saturated rings. The minimum atomic E-state index is 0.499. The quantitative estimate of drug-likeness (QED) is 0.764. The Bertz CT molecular complexity index is 532. The standard InChI is InChI=1S/C15H15NO2/c1-11(2)13-3-5-14(6-4-13)18-15-7-12(10-17)8-16-9-15/h3-11H,1-2H3. The predicted octanol–water partition coefficient (Wildman–Crippen LogP) is 3.81. The van der Waals surface area contributed by atoms with E-state index in [9.17, 15) is 4.79 Å². The number of hydrogen-bond acceptors (Lipinski definition) is 3. The smallest absolute Gasteiger partial charge is 0.151 e. The molecule has 0 atom stereocenters. The molecule has 0 spiro atoms. The van der Waals surface area contributed by atoms with Gasteiger partial charge >= 0.3 is 0 Å². The molecule has 0 N–H and O–H groups in total. The fourth-order valence-corrected chi connectivity index (χ4v) is 1.61. The van der Waals surface area contributed by atoms with E-state index in [1.807, 2.05) is 24.3 Å². The number of carbonyl (C=O) groups excluding carboxylic acids is 1. The first kappa shape index (κ1) is 12.3. The molecule has 0 amide bonds. The highest BCUT2D eigenvalue weighted by molar-refractivity contribution is 5.74. The molecule has 3 nitrogen and oxygen atoms in total. The number of ether oxygens (including phenoxy) is 1. The summed E-state index contributed by atoms with van der Waals surface area (Å²) in [5, 5.41) is 0. The third-order valence-corrected chi connectivity index (χ3v) is 2.65. The topological polar surface area (TPSA) is 39.2 Å². The Morgan fingerprint density at radius 3 is 2.44 bits per heavy atom. The van der Waals surface area contributed by atoms with E-state index in [1.54, 1.807) is 12.3 Å². The van der Waals surface area contributed by atoms with Crippen LogP contribution in [0.2, 0.25) is 0 Å². The van der Waals surface area contributed by atoms with Gasteiger partial charge in [0.15, 0.2) is 6.29 Å². The number of hydrogen-bond donors (Lipinski definition) is 0. The second kappa shape index (κ2) is 5.45. The molecule has 0 aliphatic carbocycles. The van der Waals surface area contributed by atoms with E-state index >= 15 is 0 Å². The van der Waals surface area contributed by atoms with Crippen LogP contribution in [0.3, 0.4) is 0 Å². The van der Waals surface area contributed by atoms with Gasteiger partial charge in [0.2, 0.25) is 0 Å². The summed E-state index contributed by atoms with van der Waals surface area (Å²) in [5.74, 6) is 1.81. The molecule has 1 aromatic heterocycles. The summed E-state index contributed by atoms with van der Waals surface area (Å²) in [4.78, 5) is 14.6. The molecule has 1 aromatic carbocycles. The average Bonchev–Trinajstić information content (AvgIpc) is 2.39. The molecule has 1 heterocycles. The van der Waals surface area contributed by atoms with Crippen molar-refractivity contribution in [2.24, 2.45) is 0 Å². The van der Waals surface area contributed by atoms with Crippen molar-refractivity contribution >= 4 is 6.29 Å². The number of aldehydes is 1. The predicted molar refractivity (Wildman–Crippen MR) is 70.2 cm³/mol. The maximum absolute atomic E-state index is 10.6. The van der Waals surface area contributed by atoms with E-state index in [-0.39, 0.29) is 0 Å². The fourth-order valence-electron chi connectivity index (χ4n) is 1.61. The molecular formula is C15H15NO2. The summed E-state index contributed by atoms with van der Waals surface area (Å²) < 4.78 is 5.63. The molecule has 0 aliphatic heterocycles. The lowest BCUT2D eigenvalue weighted by Gasteiger charge is -2.08. The Balaban J connectivity index is 2.15. The van der Waals surface area contributed by atoms with E-state index in [0.29, 0.717) is 17.2 Å². The summed E-state index contributed by atoms with van der Waals surface area (Å²) in [7, 11) is 0. The van der Waals surface area contributed by atoms with E-state index < -0.39 is 0 Å². The van der Waals surface area contributed by atoms with Gasteiger partial charge in [-0.3, -0.25) is 9.78 Å². The number of rotatable bonds is 4. The lowest BCUT2D eigenvalue weighted by atomic mass is 10.0. The van der Waals surface area contributed by atoms with Crippen molar-refractivity contribution in [1.29, 1.82) is 0 Å². The maximum Gasteiger partial charge on any atom is 0.151 e. The van der Waals surface area contributed by atoms with Gasteiger partial charge < -0.3 is 4.74 Å². The van der Waals surface area contributed by atoms with Crippen molar-refractivity contribution in [3.05, 3.63) is 53.9 Å². The SMILES string of the molecule is CC(C)c1ccc(Oc2cncc(C=O)c2)cc1. The van der Waals surface area contributed by atoms with E-state index in [2.05, 4.69) is 18.8 Å². The summed E-state index contributed by atoms with van der Waals surface area (Å²) >= 11 is 0. The van der Waals surface area contributed by atoms with Gasteiger partial charge in [0.25, 0.3) is 0 Å². The lowest BCUT2D eigenvalue weighted by molar-refractivity contribution is 0.112. The third kappa shape index (κ3) is 2.94. The molecule has 0 bridgehead atoms. The Morgan fingerprint density at radius 2 is 1.83 bits per heavy atom. The van der Waals surface area contributed by atoms with Crippen LogP contribution in [0.1, 0.15) is 35.7 Å². The second-order valence-corrected chi connectivity index (χ2v) is 4.40. The zero-order valence-corrected chi connectivity index (χ0v) is 10.5. The fraction of sp³-hybridized carbons (Fsp3) is 0.200. The first-order chi connectivity index (χ1) is 8.69. The second-order valence-electron chi connectivity index (χ2n) is 4.40. The molecule has 0 unspecified atom stereocenters. The number of pyridine rings is 1. The molecule has 0 saturated carbocycles. The Hall–Kier alpha value is -2.16. The van der Waals surface area contributed by atoms with Crippen molar-refractivity contribution in [2.75, 3.05) is 0 Å². The molecule has 2 aromatic rings. The van der Waals surface area contributed by atoms with Crippen LogP contribution in [0.25, 0.3) is 0 Å². The highest BCUT2D eigenvalue weighted by Crippen LogP contribution is 2.23. The van der Waals surface area contributed by atoms with Crippen molar-refractivity contribution < 1.29 is 9.53 Å². The lowest BCUT2D eigenvalue weighted by Crippen LogP contribution is -1.90. The Labute approximate surface area is 106 Å². The summed E-state index contributed by atoms with van der Waals surface area (Å²) in [6.45, 7) is 4.29. The maximum atomic E-state index is 10.6. The number of carbonyl (C=O) groups is 1. The van der Waals surface area contributed by atoms with Gasteiger partial charge in [-0.2, -0.15) is 0 Å². The number of nitrogens with zero attached hydrogens (tertiary/aromatic N) is 1. The molecule has 18 heavy (non-hydrogen) atoms. The van der Waals surface area contributed by atoms with Gasteiger partial charge in [-0.05, 0) is 29.7 Å². The van der Waals surface area contributed by atoms with Gasteiger partial charge in [-0.25, -0.2) is 0 Å². The normalized spacial score (nSPS) is 10.4. The van der Waals surface area contributed by atoms with Crippen molar-refractivity contribution in [2.45, 2.75) is 19.8 Å². The van der Waals surface area contributed by atoms with Crippen LogP contribution in [-0.4, -0.2) is 11.3 Å². The van der Waals surface area contributed by atoms with Crippen molar-refractivity contribution in [1.82, 2.24) is 4.98 Å². The summed E-state index contributed by atoms with van der Waals surface area (Å²) in [6.07, 6.45) is 3.84. The molecule has 2 rings (SSSR count). The molecule has 0 saturated heterocycles. The van der Waals surface area contributed by atoms with Gasteiger partial charge in [0, 0.05) is 11.8 Å². The average molecular weight is 241 g/mol.